The third kappa shape index (κ3) is 6.82. The number of halogens is 1. The maximum Gasteiger partial charge on any atom is 0.355 e. The number of thioether (sulfide) groups is 1. The van der Waals surface area contributed by atoms with Gasteiger partial charge in [0.05, 0.1) is 13.2 Å². The Morgan fingerprint density at radius 1 is 1.18 bits per heavy atom. The van der Waals surface area contributed by atoms with E-state index >= 15 is 0 Å². The lowest BCUT2D eigenvalue weighted by Gasteiger charge is -2.12. The molecule has 8 nitrogen and oxygen atoms in total. The van der Waals surface area contributed by atoms with Crippen LogP contribution in [0.1, 0.15) is 74.2 Å². The summed E-state index contributed by atoms with van der Waals surface area (Å²) in [6.07, 6.45) is 5.44. The molecule has 0 bridgehead atoms. The fraction of sp³-hybridized carbons (Fsp3) is 0.542. The molecule has 10 heteroatoms. The molecule has 0 saturated carbocycles. The highest BCUT2D eigenvalue weighted by Crippen LogP contribution is 2.37. The normalized spacial score (nSPS) is 12.2. The summed E-state index contributed by atoms with van der Waals surface area (Å²) in [4.78, 5) is 28.4. The van der Waals surface area contributed by atoms with Crippen LogP contribution in [0.5, 0.6) is 11.5 Å². The first-order valence-electron chi connectivity index (χ1n) is 11.6. The number of fused-ring (bicyclic) bond motifs is 1. The maximum absolute atomic E-state index is 12.3. The maximum atomic E-state index is 12.3. The second-order valence-electron chi connectivity index (χ2n) is 7.94. The van der Waals surface area contributed by atoms with Gasteiger partial charge in [-0.1, -0.05) is 31.4 Å². The van der Waals surface area contributed by atoms with Gasteiger partial charge in [0.2, 0.25) is 6.79 Å². The third-order valence-corrected chi connectivity index (χ3v) is 6.81. The number of ether oxygens (including phenoxy) is 3. The third-order valence-electron chi connectivity index (χ3n) is 5.41. The quantitative estimate of drug-likeness (QED) is 0.200. The topological polar surface area (TPSA) is 99.9 Å². The number of carboxylic acid groups (broad SMARTS) is 1. The van der Waals surface area contributed by atoms with Gasteiger partial charge in [-0.2, -0.15) is 0 Å². The van der Waals surface area contributed by atoms with E-state index in [1.165, 1.54) is 11.8 Å². The average Bonchev–Trinajstić information content (AvgIpc) is 3.39. The molecule has 1 aliphatic heterocycles. The van der Waals surface area contributed by atoms with E-state index in [0.29, 0.717) is 41.0 Å². The average molecular weight is 511 g/mol. The fourth-order valence-electron chi connectivity index (χ4n) is 3.68. The Bertz CT molecular complexity index is 1010. The van der Waals surface area contributed by atoms with Crippen LogP contribution in [0.4, 0.5) is 0 Å². The standard InChI is InChI=1S/C24H31ClN2O6S/c1-3-5-9-20-26-23(34-11-8-6-7-10-21(28)31-4-2)22(24(29)30)27(20)14-16-12-18-19(13-17(16)25)33-15-32-18/h12-13H,3-11,14-15H2,1-2H3,(H,29,30). The Balaban J connectivity index is 1.74. The molecule has 1 aromatic heterocycles. The van der Waals surface area contributed by atoms with Gasteiger partial charge in [0.1, 0.15) is 10.9 Å². The van der Waals surface area contributed by atoms with Crippen LogP contribution in [0.15, 0.2) is 17.2 Å². The SMILES string of the molecule is CCCCc1nc(SCCCCCC(=O)OCC)c(C(=O)O)n1Cc1cc2c(cc1Cl)OCO2. The minimum absolute atomic E-state index is 0.142. The van der Waals surface area contributed by atoms with Crippen LogP contribution in [0.25, 0.3) is 0 Å². The monoisotopic (exact) mass is 510 g/mol. The Hall–Kier alpha value is -2.39. The number of nitrogens with zero attached hydrogens (tertiary/aromatic N) is 2. The second-order valence-corrected chi connectivity index (χ2v) is 9.43. The first-order valence-corrected chi connectivity index (χ1v) is 13.0. The van der Waals surface area contributed by atoms with E-state index in [0.717, 1.165) is 49.2 Å². The number of carbonyl (C=O) groups is 2. The molecule has 0 radical (unpaired) electrons. The Morgan fingerprint density at radius 2 is 1.94 bits per heavy atom. The molecule has 2 aromatic rings. The molecule has 0 spiro atoms. The second kappa shape index (κ2) is 12.9. The summed E-state index contributed by atoms with van der Waals surface area (Å²) in [7, 11) is 0. The predicted molar refractivity (Wildman–Crippen MR) is 130 cm³/mol. The lowest BCUT2D eigenvalue weighted by atomic mass is 10.2. The van der Waals surface area contributed by atoms with Crippen molar-refractivity contribution in [3.8, 4) is 11.5 Å². The molecule has 1 aliphatic rings. The largest absolute Gasteiger partial charge is 0.476 e. The highest BCUT2D eigenvalue weighted by Gasteiger charge is 2.25. The van der Waals surface area contributed by atoms with Crippen molar-refractivity contribution in [1.29, 1.82) is 0 Å². The summed E-state index contributed by atoms with van der Waals surface area (Å²) in [5.41, 5.74) is 0.926. The van der Waals surface area contributed by atoms with Gasteiger partial charge in [-0.25, -0.2) is 9.78 Å². The molecule has 0 saturated heterocycles. The Kier molecular flexibility index (Phi) is 9.95. The van der Waals surface area contributed by atoms with Crippen LogP contribution in [0.2, 0.25) is 5.02 Å². The predicted octanol–water partition coefficient (Wildman–Crippen LogP) is 5.57. The molecular weight excluding hydrogens is 480 g/mol. The molecule has 1 aromatic carbocycles. The molecule has 0 fully saturated rings. The van der Waals surface area contributed by atoms with Crippen molar-refractivity contribution in [3.63, 3.8) is 0 Å². The zero-order chi connectivity index (χ0) is 24.5. The van der Waals surface area contributed by atoms with Gasteiger partial charge < -0.3 is 23.9 Å². The number of aromatic carboxylic acids is 1. The van der Waals surface area contributed by atoms with Crippen molar-refractivity contribution < 1.29 is 28.9 Å². The number of unbranched alkanes of at least 4 members (excludes halogenated alkanes) is 3. The molecule has 0 unspecified atom stereocenters. The summed E-state index contributed by atoms with van der Waals surface area (Å²) in [6, 6.07) is 3.50. The molecule has 0 atom stereocenters. The summed E-state index contributed by atoms with van der Waals surface area (Å²) >= 11 is 7.91. The molecule has 34 heavy (non-hydrogen) atoms. The summed E-state index contributed by atoms with van der Waals surface area (Å²) in [6.45, 7) is 4.70. The van der Waals surface area contributed by atoms with Crippen LogP contribution < -0.4 is 9.47 Å². The van der Waals surface area contributed by atoms with Crippen molar-refractivity contribution in [2.75, 3.05) is 19.2 Å². The number of carboxylic acids is 1. The fourth-order valence-corrected chi connectivity index (χ4v) is 4.94. The lowest BCUT2D eigenvalue weighted by Crippen LogP contribution is -2.13. The highest BCUT2D eigenvalue weighted by atomic mass is 35.5. The highest BCUT2D eigenvalue weighted by molar-refractivity contribution is 7.99. The van der Waals surface area contributed by atoms with Gasteiger partial charge in [-0.15, -0.1) is 11.8 Å². The van der Waals surface area contributed by atoms with Crippen LogP contribution in [0, 0.1) is 0 Å². The first kappa shape index (κ1) is 26.2. The molecule has 2 heterocycles. The van der Waals surface area contributed by atoms with Crippen molar-refractivity contribution in [2.45, 2.75) is 70.4 Å². The Morgan fingerprint density at radius 3 is 2.65 bits per heavy atom. The molecule has 186 valence electrons. The summed E-state index contributed by atoms with van der Waals surface area (Å²) in [5.74, 6) is 1.45. The van der Waals surface area contributed by atoms with E-state index < -0.39 is 5.97 Å². The minimum Gasteiger partial charge on any atom is -0.476 e. The van der Waals surface area contributed by atoms with Gasteiger partial charge in [0.25, 0.3) is 0 Å². The molecule has 3 rings (SSSR count). The number of hydrogen-bond acceptors (Lipinski definition) is 7. The van der Waals surface area contributed by atoms with Gasteiger partial charge in [-0.3, -0.25) is 4.79 Å². The molecular formula is C24H31ClN2O6S. The van der Waals surface area contributed by atoms with Gasteiger partial charge in [-0.05, 0) is 43.6 Å². The number of rotatable bonds is 14. The number of aryl methyl sites for hydroxylation is 1. The number of benzene rings is 1. The van der Waals surface area contributed by atoms with E-state index in [9.17, 15) is 14.7 Å². The van der Waals surface area contributed by atoms with Gasteiger partial charge >= 0.3 is 11.9 Å². The number of imidazole rings is 1. The number of carbonyl (C=O) groups excluding carboxylic acids is 1. The Labute approximate surface area is 208 Å². The van der Waals surface area contributed by atoms with E-state index in [1.54, 1.807) is 23.6 Å². The van der Waals surface area contributed by atoms with E-state index in [-0.39, 0.29) is 25.0 Å². The van der Waals surface area contributed by atoms with Crippen molar-refractivity contribution in [1.82, 2.24) is 9.55 Å². The minimum atomic E-state index is -1.02. The van der Waals surface area contributed by atoms with Gasteiger partial charge in [0.15, 0.2) is 17.2 Å². The van der Waals surface area contributed by atoms with Crippen LogP contribution in [-0.2, 0) is 22.5 Å². The van der Waals surface area contributed by atoms with Crippen LogP contribution in [0.3, 0.4) is 0 Å². The molecule has 0 aliphatic carbocycles. The number of esters is 1. The molecule has 1 N–H and O–H groups in total. The van der Waals surface area contributed by atoms with Crippen LogP contribution >= 0.6 is 23.4 Å². The smallest absolute Gasteiger partial charge is 0.355 e. The van der Waals surface area contributed by atoms with Crippen molar-refractivity contribution in [3.05, 3.63) is 34.2 Å². The van der Waals surface area contributed by atoms with E-state index in [1.807, 2.05) is 0 Å². The summed E-state index contributed by atoms with van der Waals surface area (Å²) in [5, 5.41) is 11.0. The van der Waals surface area contributed by atoms with E-state index in [2.05, 4.69) is 6.92 Å². The number of aromatic nitrogens is 2. The van der Waals surface area contributed by atoms with Crippen molar-refractivity contribution in [2.24, 2.45) is 0 Å². The zero-order valence-corrected chi connectivity index (χ0v) is 21.2. The molecule has 0 amide bonds. The van der Waals surface area contributed by atoms with E-state index in [4.69, 9.17) is 30.8 Å². The zero-order valence-electron chi connectivity index (χ0n) is 19.6. The first-order chi connectivity index (χ1) is 16.4. The van der Waals surface area contributed by atoms with Crippen molar-refractivity contribution >= 4 is 35.3 Å². The summed E-state index contributed by atoms with van der Waals surface area (Å²) < 4.78 is 17.5. The lowest BCUT2D eigenvalue weighted by molar-refractivity contribution is -0.143. The van der Waals surface area contributed by atoms with Crippen LogP contribution in [-0.4, -0.2) is 45.7 Å². The van der Waals surface area contributed by atoms with Gasteiger partial charge in [0, 0.05) is 23.9 Å². The number of hydrogen-bond donors (Lipinski definition) is 1.